The average Bonchev–Trinajstić information content (AvgIpc) is 3.79. The van der Waals surface area contributed by atoms with Gasteiger partial charge in [-0.25, -0.2) is 28.6 Å². The molecule has 72 heavy (non-hydrogen) atoms. The Hall–Kier alpha value is -4.75. The summed E-state index contributed by atoms with van der Waals surface area (Å²) in [5.41, 5.74) is 4.09. The molecular weight excluding hydrogens is 1050 g/mol. The van der Waals surface area contributed by atoms with E-state index in [2.05, 4.69) is 34.4 Å². The van der Waals surface area contributed by atoms with Crippen molar-refractivity contribution in [3.05, 3.63) is 12.7 Å². The van der Waals surface area contributed by atoms with Crippen LogP contribution in [0.3, 0.4) is 0 Å². The molecule has 0 saturated carbocycles. The first kappa shape index (κ1) is 61.5. The summed E-state index contributed by atoms with van der Waals surface area (Å²) in [5, 5.41) is 25.5. The second kappa shape index (κ2) is 27.0. The van der Waals surface area contributed by atoms with Crippen molar-refractivity contribution in [1.82, 2.24) is 30.2 Å². The van der Waals surface area contributed by atoms with Crippen molar-refractivity contribution < 1.29 is 114 Å². The maximum absolute atomic E-state index is 12.7. The Labute approximate surface area is 411 Å². The van der Waals surface area contributed by atoms with Gasteiger partial charge in [-0.05, 0) is 6.92 Å². The third kappa shape index (κ3) is 21.0. The quantitative estimate of drug-likeness (QED) is 0.0221. The molecule has 2 aromatic heterocycles. The number of Topliss-reactive ketones (excluding diaryl/α,β-unsaturated/α-hetero) is 7. The van der Waals surface area contributed by atoms with Gasteiger partial charge in [-0.2, -0.15) is 4.31 Å². The van der Waals surface area contributed by atoms with E-state index in [0.29, 0.717) is 11.8 Å². The topological polar surface area (TPSA) is 483 Å². The number of phosphoric acid groups is 3. The Morgan fingerprint density at radius 3 is 1.90 bits per heavy atom. The van der Waals surface area contributed by atoms with Gasteiger partial charge in [0.2, 0.25) is 11.8 Å². The number of fused-ring (bicyclic) bond motifs is 1. The van der Waals surface area contributed by atoms with E-state index in [0.717, 1.165) is 24.1 Å². The SMILES string of the molecule is CC(=O)CC(=O)CC(=O)CC(=O)CC(=O)CC(=O)CC(=O)CC(=O)SCCNC(=O)CCNC(=O)[C@@H](O)C(C)(C)COP(=O)(O)OP(=O)(O)OC[C@H]1O[C@@H](n2cnc3c(N)ncnc32)[C@H](O)[C@@H]1OP(=O)(O)O. The second-order valence-electron chi connectivity index (χ2n) is 16.5. The zero-order valence-electron chi connectivity index (χ0n) is 38.4. The Bertz CT molecular complexity index is 2550. The minimum atomic E-state index is -5.64. The number of hydrogen-bond acceptors (Lipinski definition) is 25. The number of ketones is 7. The van der Waals surface area contributed by atoms with Gasteiger partial charge in [0.15, 0.2) is 22.8 Å². The van der Waals surface area contributed by atoms with Gasteiger partial charge in [0.1, 0.15) is 76.7 Å². The third-order valence-electron chi connectivity index (χ3n) is 9.52. The fraction of sp³-hybridized carbons (Fsp3) is 0.595. The molecule has 0 aromatic carbocycles. The van der Waals surface area contributed by atoms with Crippen LogP contribution in [0.5, 0.6) is 0 Å². The first-order valence-electron chi connectivity index (χ1n) is 20.9. The van der Waals surface area contributed by atoms with Crippen molar-refractivity contribution in [1.29, 1.82) is 0 Å². The lowest BCUT2D eigenvalue weighted by molar-refractivity contribution is -0.137. The van der Waals surface area contributed by atoms with Crippen LogP contribution in [0.4, 0.5) is 5.82 Å². The standard InChI is InChI=1S/C37H52N7O24P3S/c1-19(45)8-20(46)9-21(47)10-22(48)11-23(49)12-24(50)13-25(51)14-28(53)72-7-6-39-27(52)4-5-40-35(56)32(55)37(2,3)16-65-71(62,63)68-70(60,61)64-15-26-31(67-69(57,58)59)30(54)36(66-26)44-18-43-29-33(38)41-17-42-34(29)44/h17-18,26,30-32,36,54-55H,4-16H2,1-3H3,(H,39,52)(H,40,56)(H,60,61)(H,62,63)(H2,38,41,42)(H2,57,58,59)/t26-,30-,31-,32-,36-/m1/s1. The van der Waals surface area contributed by atoms with E-state index in [9.17, 15) is 91.4 Å². The first-order valence-corrected chi connectivity index (χ1v) is 26.4. The molecule has 31 nitrogen and oxygen atoms in total. The van der Waals surface area contributed by atoms with Crippen molar-refractivity contribution in [3.63, 3.8) is 0 Å². The van der Waals surface area contributed by atoms with Crippen molar-refractivity contribution in [2.75, 3.05) is 37.8 Å². The van der Waals surface area contributed by atoms with Crippen LogP contribution in [0.15, 0.2) is 12.7 Å². The molecule has 7 atom stereocenters. The molecular formula is C37H52N7O24P3S. The van der Waals surface area contributed by atoms with Crippen LogP contribution in [0.25, 0.3) is 11.2 Å². The fourth-order valence-corrected chi connectivity index (χ4v) is 9.78. The highest BCUT2D eigenvalue weighted by molar-refractivity contribution is 8.13. The van der Waals surface area contributed by atoms with Gasteiger partial charge < -0.3 is 50.9 Å². The number of aliphatic hydroxyl groups excluding tert-OH is 2. The summed E-state index contributed by atoms with van der Waals surface area (Å²) in [4.78, 5) is 171. The molecule has 2 amide bonds. The number of thioether (sulfide) groups is 1. The lowest BCUT2D eigenvalue weighted by Gasteiger charge is -2.30. The number of amides is 2. The third-order valence-corrected chi connectivity index (χ3v) is 13.5. The predicted octanol–water partition coefficient (Wildman–Crippen LogP) is -1.60. The van der Waals surface area contributed by atoms with E-state index >= 15 is 0 Å². The van der Waals surface area contributed by atoms with Gasteiger partial charge in [0.25, 0.3) is 0 Å². The van der Waals surface area contributed by atoms with Crippen molar-refractivity contribution in [2.24, 2.45) is 5.41 Å². The number of nitrogens with one attached hydrogen (secondary N) is 2. The summed E-state index contributed by atoms with van der Waals surface area (Å²) in [5.74, 6) is -7.19. The molecule has 1 saturated heterocycles. The van der Waals surface area contributed by atoms with E-state index in [1.54, 1.807) is 0 Å². The molecule has 2 aromatic rings. The monoisotopic (exact) mass is 1100 g/mol. The largest absolute Gasteiger partial charge is 0.481 e. The summed E-state index contributed by atoms with van der Waals surface area (Å²) in [6.07, 6.45) is -12.4. The highest BCUT2D eigenvalue weighted by atomic mass is 32.2. The number of ether oxygens (including phenoxy) is 1. The molecule has 400 valence electrons. The first-order chi connectivity index (χ1) is 33.3. The zero-order chi connectivity index (χ0) is 54.4. The summed E-state index contributed by atoms with van der Waals surface area (Å²) in [6.45, 7) is 0.927. The Balaban J connectivity index is 1.35. The van der Waals surface area contributed by atoms with Crippen LogP contribution >= 0.6 is 35.2 Å². The lowest BCUT2D eigenvalue weighted by atomic mass is 9.87. The number of anilines is 1. The predicted molar refractivity (Wildman–Crippen MR) is 240 cm³/mol. The van der Waals surface area contributed by atoms with Crippen LogP contribution in [-0.2, 0) is 84.3 Å². The number of aromatic nitrogens is 4. The summed E-state index contributed by atoms with van der Waals surface area (Å²) >= 11 is 0.642. The molecule has 2 unspecified atom stereocenters. The number of phosphoric ester groups is 3. The molecule has 0 radical (unpaired) electrons. The average molecular weight is 1100 g/mol. The highest BCUT2D eigenvalue weighted by Gasteiger charge is 2.50. The van der Waals surface area contributed by atoms with Crippen molar-refractivity contribution >= 4 is 110 Å². The summed E-state index contributed by atoms with van der Waals surface area (Å²) in [6, 6.07) is 0. The Morgan fingerprint density at radius 2 is 1.35 bits per heavy atom. The van der Waals surface area contributed by atoms with Crippen LogP contribution < -0.4 is 16.4 Å². The van der Waals surface area contributed by atoms with Gasteiger partial charge in [0.05, 0.1) is 64.5 Å². The molecule has 35 heteroatoms. The second-order valence-corrected chi connectivity index (χ2v) is 21.8. The number of rotatable bonds is 33. The maximum Gasteiger partial charge on any atom is 0.481 e. The van der Waals surface area contributed by atoms with E-state index in [-0.39, 0.29) is 42.2 Å². The number of carbonyl (C=O) groups excluding carboxylic acids is 10. The molecule has 10 N–H and O–H groups in total. The number of imidazole rings is 1. The van der Waals surface area contributed by atoms with Crippen LogP contribution in [-0.4, -0.2) is 163 Å². The molecule has 1 aliphatic heterocycles. The van der Waals surface area contributed by atoms with E-state index in [4.69, 9.17) is 19.5 Å². The minimum absolute atomic E-state index is 0.00329. The van der Waals surface area contributed by atoms with Gasteiger partial charge >= 0.3 is 23.5 Å². The van der Waals surface area contributed by atoms with Gasteiger partial charge in [-0.3, -0.25) is 66.1 Å². The number of nitrogens with two attached hydrogens (primary N) is 1. The summed E-state index contributed by atoms with van der Waals surface area (Å²) in [7, 11) is -16.6. The lowest BCUT2D eigenvalue weighted by Crippen LogP contribution is -2.46. The highest BCUT2D eigenvalue weighted by Crippen LogP contribution is 2.61. The van der Waals surface area contributed by atoms with E-state index in [1.807, 2.05) is 0 Å². The molecule has 1 aliphatic rings. The van der Waals surface area contributed by atoms with Crippen LogP contribution in [0, 0.1) is 5.41 Å². The molecule has 0 spiro atoms. The van der Waals surface area contributed by atoms with E-state index in [1.165, 1.54) is 13.8 Å². The number of hydrogen-bond donors (Lipinski definition) is 9. The van der Waals surface area contributed by atoms with Gasteiger partial charge in [-0.1, -0.05) is 25.6 Å². The molecule has 1 fully saturated rings. The van der Waals surface area contributed by atoms with E-state index < -0.39 is 175 Å². The smallest absolute Gasteiger partial charge is 0.386 e. The Morgan fingerprint density at radius 1 is 0.806 bits per heavy atom. The Kier molecular flexibility index (Phi) is 23.1. The maximum atomic E-state index is 12.7. The zero-order valence-corrected chi connectivity index (χ0v) is 41.9. The van der Waals surface area contributed by atoms with Gasteiger partial charge in [-0.15, -0.1) is 0 Å². The van der Waals surface area contributed by atoms with Crippen molar-refractivity contribution in [3.8, 4) is 0 Å². The number of carbonyl (C=O) groups is 10. The summed E-state index contributed by atoms with van der Waals surface area (Å²) < 4.78 is 62.2. The number of nitrogens with zero attached hydrogens (tertiary/aromatic N) is 4. The van der Waals surface area contributed by atoms with Crippen LogP contribution in [0.2, 0.25) is 0 Å². The van der Waals surface area contributed by atoms with Crippen molar-refractivity contribution in [2.45, 2.75) is 103 Å². The fourth-order valence-electron chi connectivity index (χ4n) is 6.26. The normalized spacial score (nSPS) is 19.1. The molecule has 0 bridgehead atoms. The molecule has 3 rings (SSSR count). The van der Waals surface area contributed by atoms with Gasteiger partial charge in [0, 0.05) is 30.7 Å². The van der Waals surface area contributed by atoms with Crippen LogP contribution in [0.1, 0.15) is 78.4 Å². The number of aliphatic hydroxyl groups is 2. The molecule has 3 heterocycles. The minimum Gasteiger partial charge on any atom is -0.386 e. The number of nitrogen functional groups attached to an aromatic ring is 1. The molecule has 0 aliphatic carbocycles.